The summed E-state index contributed by atoms with van der Waals surface area (Å²) in [6.07, 6.45) is 0.787. The zero-order chi connectivity index (χ0) is 15.7. The second-order valence-corrected chi connectivity index (χ2v) is 4.88. The number of non-ortho nitro benzene ring substituents is 1. The van der Waals surface area contributed by atoms with Crippen LogP contribution in [-0.2, 0) is 4.79 Å². The van der Waals surface area contributed by atoms with Gasteiger partial charge in [-0.25, -0.2) is 9.18 Å². The molecule has 0 saturated carbocycles. The van der Waals surface area contributed by atoms with Crippen LogP contribution in [0.15, 0.2) is 12.1 Å². The van der Waals surface area contributed by atoms with Gasteiger partial charge in [0.15, 0.2) is 0 Å². The second kappa shape index (κ2) is 5.47. The molecule has 8 heteroatoms. The number of amides is 1. The van der Waals surface area contributed by atoms with Crippen molar-refractivity contribution in [2.75, 3.05) is 6.54 Å². The van der Waals surface area contributed by atoms with Gasteiger partial charge in [0.1, 0.15) is 11.9 Å². The molecule has 0 unspecified atom stereocenters. The number of hydrogen-bond acceptors (Lipinski definition) is 4. The van der Waals surface area contributed by atoms with E-state index in [0.717, 1.165) is 17.0 Å². The molecule has 1 heterocycles. The standard InChI is InChI=1S/C13H13FN2O5/c1-7-5-8(16(20)21)6-9(11(7)14)12(17)15-4-2-3-10(15)13(18)19/h5-6,10H,2-4H2,1H3,(H,18,19)/t10-/m0/s1. The molecule has 1 saturated heterocycles. The number of benzene rings is 1. The van der Waals surface area contributed by atoms with Crippen molar-refractivity contribution in [3.8, 4) is 0 Å². The van der Waals surface area contributed by atoms with Gasteiger partial charge in [0, 0.05) is 18.7 Å². The van der Waals surface area contributed by atoms with Gasteiger partial charge < -0.3 is 10.0 Å². The van der Waals surface area contributed by atoms with Crippen molar-refractivity contribution in [2.24, 2.45) is 0 Å². The number of hydrogen-bond donors (Lipinski definition) is 1. The molecule has 1 fully saturated rings. The minimum Gasteiger partial charge on any atom is -0.480 e. The van der Waals surface area contributed by atoms with Crippen molar-refractivity contribution in [3.05, 3.63) is 39.2 Å². The first-order chi connectivity index (χ1) is 9.82. The number of carbonyl (C=O) groups is 2. The monoisotopic (exact) mass is 296 g/mol. The normalized spacial score (nSPS) is 17.8. The Hall–Kier alpha value is -2.51. The Kier molecular flexibility index (Phi) is 3.88. The quantitative estimate of drug-likeness (QED) is 0.676. The van der Waals surface area contributed by atoms with Crippen molar-refractivity contribution >= 4 is 17.6 Å². The average molecular weight is 296 g/mol. The van der Waals surface area contributed by atoms with Crippen molar-refractivity contribution < 1.29 is 24.0 Å². The van der Waals surface area contributed by atoms with E-state index in [-0.39, 0.29) is 18.5 Å². The van der Waals surface area contributed by atoms with Gasteiger partial charge in [-0.3, -0.25) is 14.9 Å². The summed E-state index contributed by atoms with van der Waals surface area (Å²) in [4.78, 5) is 34.5. The molecule has 1 atom stereocenters. The fourth-order valence-corrected chi connectivity index (χ4v) is 2.43. The highest BCUT2D eigenvalue weighted by Crippen LogP contribution is 2.26. The molecule has 0 aliphatic carbocycles. The zero-order valence-electron chi connectivity index (χ0n) is 11.2. The predicted molar refractivity (Wildman–Crippen MR) is 69.5 cm³/mol. The van der Waals surface area contributed by atoms with Crippen molar-refractivity contribution in [2.45, 2.75) is 25.8 Å². The topological polar surface area (TPSA) is 101 Å². The van der Waals surface area contributed by atoms with Crippen LogP contribution in [0, 0.1) is 22.9 Å². The smallest absolute Gasteiger partial charge is 0.326 e. The molecule has 112 valence electrons. The van der Waals surface area contributed by atoms with Gasteiger partial charge in [-0.15, -0.1) is 0 Å². The van der Waals surface area contributed by atoms with Crippen LogP contribution >= 0.6 is 0 Å². The first kappa shape index (κ1) is 14.9. The highest BCUT2D eigenvalue weighted by Gasteiger charge is 2.36. The van der Waals surface area contributed by atoms with Crippen LogP contribution in [0.3, 0.4) is 0 Å². The van der Waals surface area contributed by atoms with Gasteiger partial charge in [-0.2, -0.15) is 0 Å². The maximum absolute atomic E-state index is 14.1. The Bertz CT molecular complexity index is 631. The lowest BCUT2D eigenvalue weighted by Gasteiger charge is -2.21. The number of likely N-dealkylation sites (tertiary alicyclic amines) is 1. The molecule has 2 rings (SSSR count). The minimum absolute atomic E-state index is 0.0291. The molecule has 1 aromatic rings. The van der Waals surface area contributed by atoms with Crippen LogP contribution in [0.25, 0.3) is 0 Å². The summed E-state index contributed by atoms with van der Waals surface area (Å²) in [6.45, 7) is 1.51. The van der Waals surface area contributed by atoms with Gasteiger partial charge in [0.25, 0.3) is 11.6 Å². The van der Waals surface area contributed by atoms with E-state index in [1.54, 1.807) is 0 Å². The molecule has 1 amide bonds. The number of carboxylic acid groups (broad SMARTS) is 1. The van der Waals surface area contributed by atoms with E-state index in [0.29, 0.717) is 6.42 Å². The molecule has 0 radical (unpaired) electrons. The van der Waals surface area contributed by atoms with E-state index in [9.17, 15) is 24.1 Å². The molecule has 7 nitrogen and oxygen atoms in total. The molecule has 0 spiro atoms. The van der Waals surface area contributed by atoms with E-state index in [1.165, 1.54) is 6.92 Å². The molecular formula is C13H13FN2O5. The summed E-state index contributed by atoms with van der Waals surface area (Å²) in [5, 5.41) is 19.8. The third kappa shape index (κ3) is 2.69. The van der Waals surface area contributed by atoms with Crippen LogP contribution in [0.1, 0.15) is 28.8 Å². The van der Waals surface area contributed by atoms with Crippen LogP contribution < -0.4 is 0 Å². The van der Waals surface area contributed by atoms with Crippen LogP contribution in [0.2, 0.25) is 0 Å². The van der Waals surface area contributed by atoms with Crippen LogP contribution in [0.4, 0.5) is 10.1 Å². The molecular weight excluding hydrogens is 283 g/mol. The van der Waals surface area contributed by atoms with Crippen LogP contribution in [0.5, 0.6) is 0 Å². The van der Waals surface area contributed by atoms with E-state index < -0.39 is 39.9 Å². The number of carboxylic acids is 1. The fourth-order valence-electron chi connectivity index (χ4n) is 2.43. The lowest BCUT2D eigenvalue weighted by molar-refractivity contribution is -0.385. The second-order valence-electron chi connectivity index (χ2n) is 4.88. The number of rotatable bonds is 3. The Morgan fingerprint density at radius 1 is 1.48 bits per heavy atom. The Morgan fingerprint density at radius 3 is 2.71 bits per heavy atom. The minimum atomic E-state index is -1.16. The molecule has 1 N–H and O–H groups in total. The van der Waals surface area contributed by atoms with Gasteiger partial charge in [0.2, 0.25) is 0 Å². The Balaban J connectivity index is 2.43. The summed E-state index contributed by atoms with van der Waals surface area (Å²) in [6, 6.07) is 0.864. The lowest BCUT2D eigenvalue weighted by atomic mass is 10.1. The Labute approximate surface area is 119 Å². The molecule has 1 aliphatic heterocycles. The predicted octanol–water partition coefficient (Wildman–Crippen LogP) is 1.73. The van der Waals surface area contributed by atoms with Crippen molar-refractivity contribution in [3.63, 3.8) is 0 Å². The maximum Gasteiger partial charge on any atom is 0.326 e. The van der Waals surface area contributed by atoms with Crippen LogP contribution in [-0.4, -0.2) is 39.4 Å². The zero-order valence-corrected chi connectivity index (χ0v) is 11.2. The van der Waals surface area contributed by atoms with Crippen molar-refractivity contribution in [1.82, 2.24) is 4.90 Å². The highest BCUT2D eigenvalue weighted by molar-refractivity contribution is 5.98. The average Bonchev–Trinajstić information content (AvgIpc) is 2.90. The number of aliphatic carboxylic acids is 1. The number of nitrogens with zero attached hydrogens (tertiary/aromatic N) is 2. The first-order valence-electron chi connectivity index (χ1n) is 6.31. The van der Waals surface area contributed by atoms with E-state index in [4.69, 9.17) is 5.11 Å². The number of nitro groups is 1. The molecule has 1 aliphatic rings. The summed E-state index contributed by atoms with van der Waals surface area (Å²) in [5.74, 6) is -2.85. The summed E-state index contributed by atoms with van der Waals surface area (Å²) in [5.41, 5.74) is -0.892. The molecule has 0 aromatic heterocycles. The maximum atomic E-state index is 14.1. The number of carbonyl (C=O) groups excluding carboxylic acids is 1. The summed E-state index contributed by atoms with van der Waals surface area (Å²) < 4.78 is 14.1. The van der Waals surface area contributed by atoms with E-state index in [1.807, 2.05) is 0 Å². The molecule has 1 aromatic carbocycles. The summed E-state index contributed by atoms with van der Waals surface area (Å²) >= 11 is 0. The van der Waals surface area contributed by atoms with Gasteiger partial charge in [0.05, 0.1) is 10.5 Å². The first-order valence-corrected chi connectivity index (χ1v) is 6.31. The molecule has 0 bridgehead atoms. The number of halogens is 1. The highest BCUT2D eigenvalue weighted by atomic mass is 19.1. The van der Waals surface area contributed by atoms with Gasteiger partial charge in [-0.05, 0) is 25.3 Å². The number of aryl methyl sites for hydroxylation is 1. The van der Waals surface area contributed by atoms with Gasteiger partial charge >= 0.3 is 5.97 Å². The molecule has 21 heavy (non-hydrogen) atoms. The SMILES string of the molecule is Cc1cc([N+](=O)[O-])cc(C(=O)N2CCC[C@H]2C(=O)O)c1F. The number of nitro benzene ring substituents is 1. The lowest BCUT2D eigenvalue weighted by Crippen LogP contribution is -2.40. The van der Waals surface area contributed by atoms with E-state index in [2.05, 4.69) is 0 Å². The van der Waals surface area contributed by atoms with Crippen molar-refractivity contribution in [1.29, 1.82) is 0 Å². The Morgan fingerprint density at radius 2 is 2.14 bits per heavy atom. The summed E-state index contributed by atoms with van der Waals surface area (Å²) in [7, 11) is 0. The fraction of sp³-hybridized carbons (Fsp3) is 0.385. The van der Waals surface area contributed by atoms with Gasteiger partial charge in [-0.1, -0.05) is 0 Å². The third-order valence-corrected chi connectivity index (χ3v) is 3.48. The third-order valence-electron chi connectivity index (χ3n) is 3.48. The van der Waals surface area contributed by atoms with E-state index >= 15 is 0 Å². The largest absolute Gasteiger partial charge is 0.480 e.